The zero-order valence-corrected chi connectivity index (χ0v) is 16.8. The fourth-order valence-corrected chi connectivity index (χ4v) is 4.30. The second kappa shape index (κ2) is 7.38. The Balaban J connectivity index is 1.77. The highest BCUT2D eigenvalue weighted by Gasteiger charge is 2.18. The zero-order chi connectivity index (χ0) is 18.8. The molecule has 0 aliphatic carbocycles. The van der Waals surface area contributed by atoms with Gasteiger partial charge in [-0.25, -0.2) is 15.4 Å². The Morgan fingerprint density at radius 3 is 2.81 bits per heavy atom. The molecule has 3 rings (SSSR count). The van der Waals surface area contributed by atoms with Gasteiger partial charge < -0.3 is 10.6 Å². The van der Waals surface area contributed by atoms with Gasteiger partial charge in [0.05, 0.1) is 22.2 Å². The molecule has 3 N–H and O–H groups in total. The maximum Gasteiger partial charge on any atom is 0.281 e. The zero-order valence-electron chi connectivity index (χ0n) is 14.4. The number of aryl methyl sites for hydroxylation is 1. The lowest BCUT2D eigenvalue weighted by Crippen LogP contribution is -2.17. The van der Waals surface area contributed by atoms with Crippen LogP contribution in [0, 0.1) is 6.92 Å². The van der Waals surface area contributed by atoms with Gasteiger partial charge in [-0.15, -0.1) is 11.3 Å². The normalized spacial score (nSPS) is 11.2. The number of anilines is 2. The number of nitrogens with two attached hydrogens (primary N) is 1. The first-order valence-corrected chi connectivity index (χ1v) is 9.29. The van der Waals surface area contributed by atoms with E-state index in [0.717, 1.165) is 26.7 Å². The maximum absolute atomic E-state index is 12.4. The summed E-state index contributed by atoms with van der Waals surface area (Å²) in [6, 6.07) is 5.84. The summed E-state index contributed by atoms with van der Waals surface area (Å²) < 4.78 is 0.951. The molecule has 9 heteroatoms. The minimum absolute atomic E-state index is 0.301. The first-order valence-electron chi connectivity index (χ1n) is 7.68. The maximum atomic E-state index is 12.4. The summed E-state index contributed by atoms with van der Waals surface area (Å²) in [6.07, 6.45) is 2.99. The van der Waals surface area contributed by atoms with Gasteiger partial charge in [-0.2, -0.15) is 5.10 Å². The molecule has 2 heterocycles. The number of benzene rings is 1. The van der Waals surface area contributed by atoms with Gasteiger partial charge in [-0.05, 0) is 46.1 Å². The van der Waals surface area contributed by atoms with Crippen LogP contribution in [-0.2, 0) is 0 Å². The number of rotatable bonds is 4. The van der Waals surface area contributed by atoms with Crippen molar-refractivity contribution in [2.75, 3.05) is 24.7 Å². The van der Waals surface area contributed by atoms with E-state index in [-0.39, 0.29) is 5.91 Å². The Kier molecular flexibility index (Phi) is 5.19. The summed E-state index contributed by atoms with van der Waals surface area (Å²) in [4.78, 5) is 23.8. The Morgan fingerprint density at radius 1 is 1.38 bits per heavy atom. The Labute approximate surface area is 163 Å². The number of fused-ring (bicyclic) bond motifs is 1. The molecule has 0 saturated carbocycles. The van der Waals surface area contributed by atoms with Crippen molar-refractivity contribution in [2.45, 2.75) is 6.92 Å². The van der Waals surface area contributed by atoms with Gasteiger partial charge in [0.25, 0.3) is 5.91 Å². The van der Waals surface area contributed by atoms with E-state index in [1.807, 2.05) is 44.1 Å². The highest BCUT2D eigenvalue weighted by Crippen LogP contribution is 2.31. The summed E-state index contributed by atoms with van der Waals surface area (Å²) >= 11 is 4.80. The molecule has 0 saturated heterocycles. The van der Waals surface area contributed by atoms with Crippen molar-refractivity contribution >= 4 is 61.1 Å². The summed E-state index contributed by atoms with van der Waals surface area (Å²) in [5.74, 6) is 0.0715. The lowest BCUT2D eigenvalue weighted by Gasteiger charge is -2.14. The number of nitrogens with zero attached hydrogens (tertiary/aromatic N) is 4. The molecule has 0 aliphatic rings. The van der Waals surface area contributed by atoms with Gasteiger partial charge in [-0.1, -0.05) is 6.07 Å². The van der Waals surface area contributed by atoms with Crippen LogP contribution in [0.1, 0.15) is 20.8 Å². The summed E-state index contributed by atoms with van der Waals surface area (Å²) in [5.41, 5.74) is 11.1. The number of nitrogen functional groups attached to an aromatic ring is 1. The van der Waals surface area contributed by atoms with Crippen LogP contribution in [0.25, 0.3) is 10.2 Å². The average molecular weight is 433 g/mol. The van der Waals surface area contributed by atoms with Crippen molar-refractivity contribution < 1.29 is 4.79 Å². The van der Waals surface area contributed by atoms with Gasteiger partial charge in [0.2, 0.25) is 0 Å². The smallest absolute Gasteiger partial charge is 0.281 e. The van der Waals surface area contributed by atoms with Crippen molar-refractivity contribution in [1.82, 2.24) is 15.4 Å². The number of thiophene rings is 1. The van der Waals surface area contributed by atoms with E-state index in [2.05, 4.69) is 36.4 Å². The molecule has 0 aliphatic heterocycles. The van der Waals surface area contributed by atoms with Crippen molar-refractivity contribution in [3.63, 3.8) is 0 Å². The van der Waals surface area contributed by atoms with Crippen LogP contribution in [-0.4, -0.2) is 36.2 Å². The van der Waals surface area contributed by atoms with E-state index in [9.17, 15) is 4.79 Å². The van der Waals surface area contributed by atoms with Crippen LogP contribution in [0.5, 0.6) is 0 Å². The molecule has 26 heavy (non-hydrogen) atoms. The van der Waals surface area contributed by atoms with Gasteiger partial charge >= 0.3 is 0 Å². The van der Waals surface area contributed by atoms with Gasteiger partial charge in [0, 0.05) is 18.6 Å². The van der Waals surface area contributed by atoms with E-state index in [4.69, 9.17) is 5.73 Å². The number of aromatic nitrogens is 2. The molecular formula is C17H17BrN6OS. The van der Waals surface area contributed by atoms with Crippen LogP contribution in [0.15, 0.2) is 34.1 Å². The van der Waals surface area contributed by atoms with E-state index in [1.165, 1.54) is 17.7 Å². The molecule has 134 valence electrons. The quantitative estimate of drug-likeness (QED) is 0.487. The molecule has 3 aromatic rings. The van der Waals surface area contributed by atoms with Crippen molar-refractivity contribution in [3.05, 3.63) is 45.0 Å². The van der Waals surface area contributed by atoms with Crippen LogP contribution >= 0.6 is 27.3 Å². The Bertz CT molecular complexity index is 1010. The van der Waals surface area contributed by atoms with E-state index < -0.39 is 0 Å². The van der Waals surface area contributed by atoms with Crippen LogP contribution in [0.4, 0.5) is 11.5 Å². The fraction of sp³-hybridized carbons (Fsp3) is 0.176. The number of halogens is 1. The molecule has 0 bridgehead atoms. The van der Waals surface area contributed by atoms with Crippen LogP contribution < -0.4 is 16.1 Å². The highest BCUT2D eigenvalue weighted by atomic mass is 79.9. The summed E-state index contributed by atoms with van der Waals surface area (Å²) in [6.45, 7) is 1.83. The third-order valence-electron chi connectivity index (χ3n) is 3.80. The van der Waals surface area contributed by atoms with Crippen molar-refractivity contribution in [3.8, 4) is 0 Å². The predicted octanol–water partition coefficient (Wildman–Crippen LogP) is 3.17. The standard InChI is InChI=1S/C17H17BrN6OS/c1-9-13-15(19)20-8-21-17(13)26-14(9)16(25)23-22-7-10-4-5-12(24(2)3)11(18)6-10/h4-8H,1-3H3,(H,23,25)(H2,19,20,21)/b22-7-. The predicted molar refractivity (Wildman–Crippen MR) is 110 cm³/mol. The number of hydrogen-bond donors (Lipinski definition) is 2. The molecule has 7 nitrogen and oxygen atoms in total. The molecule has 0 fully saturated rings. The van der Waals surface area contributed by atoms with E-state index >= 15 is 0 Å². The number of hydrogen-bond acceptors (Lipinski definition) is 7. The second-order valence-electron chi connectivity index (χ2n) is 5.80. The molecule has 0 radical (unpaired) electrons. The first-order chi connectivity index (χ1) is 12.4. The number of carbonyl (C=O) groups excluding carboxylic acids is 1. The molecule has 0 unspecified atom stereocenters. The lowest BCUT2D eigenvalue weighted by molar-refractivity contribution is 0.0958. The Morgan fingerprint density at radius 2 is 2.15 bits per heavy atom. The minimum Gasteiger partial charge on any atom is -0.383 e. The molecule has 0 atom stereocenters. The highest BCUT2D eigenvalue weighted by molar-refractivity contribution is 9.10. The number of nitrogens with one attached hydrogen (secondary N) is 1. The minimum atomic E-state index is -0.301. The number of hydrazone groups is 1. The number of amides is 1. The van der Waals surface area contributed by atoms with Gasteiger partial charge in [0.15, 0.2) is 0 Å². The molecule has 1 aromatic carbocycles. The average Bonchev–Trinajstić information content (AvgIpc) is 2.93. The molecule has 2 aromatic heterocycles. The summed E-state index contributed by atoms with van der Waals surface area (Å²) in [7, 11) is 3.94. The van der Waals surface area contributed by atoms with Crippen molar-refractivity contribution in [1.29, 1.82) is 0 Å². The fourth-order valence-electron chi connectivity index (χ4n) is 2.50. The topological polar surface area (TPSA) is 96.5 Å². The monoisotopic (exact) mass is 432 g/mol. The van der Waals surface area contributed by atoms with E-state index in [1.54, 1.807) is 6.21 Å². The molecule has 0 spiro atoms. The third kappa shape index (κ3) is 3.54. The molecular weight excluding hydrogens is 416 g/mol. The SMILES string of the molecule is Cc1c(C(=O)N/N=C\c2ccc(N(C)C)c(Br)c2)sc2ncnc(N)c12. The lowest BCUT2D eigenvalue weighted by atomic mass is 10.2. The Hall–Kier alpha value is -2.52. The third-order valence-corrected chi connectivity index (χ3v) is 5.63. The summed E-state index contributed by atoms with van der Waals surface area (Å²) in [5, 5.41) is 4.77. The van der Waals surface area contributed by atoms with Crippen LogP contribution in [0.2, 0.25) is 0 Å². The van der Waals surface area contributed by atoms with Crippen LogP contribution in [0.3, 0.4) is 0 Å². The largest absolute Gasteiger partial charge is 0.383 e. The van der Waals surface area contributed by atoms with Crippen molar-refractivity contribution in [2.24, 2.45) is 5.10 Å². The second-order valence-corrected chi connectivity index (χ2v) is 7.65. The first kappa shape index (κ1) is 18.3. The number of carbonyl (C=O) groups is 1. The molecule has 1 amide bonds. The van der Waals surface area contributed by atoms with Gasteiger partial charge in [-0.3, -0.25) is 4.79 Å². The van der Waals surface area contributed by atoms with Gasteiger partial charge in [0.1, 0.15) is 17.0 Å². The van der Waals surface area contributed by atoms with E-state index in [0.29, 0.717) is 15.5 Å².